The van der Waals surface area contributed by atoms with Gasteiger partial charge in [-0.15, -0.1) is 0 Å². The summed E-state index contributed by atoms with van der Waals surface area (Å²) in [6.07, 6.45) is 1.05. The molecule has 2 unspecified atom stereocenters. The molecule has 2 N–H and O–H groups in total. The van der Waals surface area contributed by atoms with E-state index < -0.39 is 0 Å². The number of nitrogens with two attached hydrogens (primary N) is 1. The van der Waals surface area contributed by atoms with Gasteiger partial charge in [-0.3, -0.25) is 10.1 Å². The van der Waals surface area contributed by atoms with Gasteiger partial charge in [-0.1, -0.05) is 0 Å². The molecule has 0 aromatic heterocycles. The topological polar surface area (TPSA) is 72.4 Å². The van der Waals surface area contributed by atoms with E-state index in [1.54, 1.807) is 12.1 Å². The summed E-state index contributed by atoms with van der Waals surface area (Å²) in [4.78, 5) is 12.8. The number of nitrogens with zero attached hydrogens (tertiary/aromatic N) is 2. The van der Waals surface area contributed by atoms with E-state index >= 15 is 0 Å². The van der Waals surface area contributed by atoms with Gasteiger partial charge in [0.25, 0.3) is 5.69 Å². The lowest BCUT2D eigenvalue weighted by Gasteiger charge is -2.24. The van der Waals surface area contributed by atoms with Crippen molar-refractivity contribution >= 4 is 11.4 Å². The molecule has 1 saturated heterocycles. The molecule has 0 aliphatic carbocycles. The largest absolute Gasteiger partial charge is 0.368 e. The fraction of sp³-hybridized carbons (Fsp3) is 0.538. The Morgan fingerprint density at radius 1 is 1.50 bits per heavy atom. The number of hydrogen-bond donors (Lipinski definition) is 1. The fourth-order valence-electron chi connectivity index (χ4n) is 2.69. The molecule has 2 atom stereocenters. The third-order valence-corrected chi connectivity index (χ3v) is 3.58. The molecule has 0 spiro atoms. The lowest BCUT2D eigenvalue weighted by atomic mass is 10.1. The molecule has 98 valence electrons. The highest BCUT2D eigenvalue weighted by molar-refractivity contribution is 5.57. The standard InChI is InChI=1S/C13H19N3O2/c1-9-3-12(6-13(4-9)16(17)18)15-8-11(7-14)5-10(15)2/h3-4,6,10-11H,5,7-8,14H2,1-2H3. The van der Waals surface area contributed by atoms with E-state index in [0.717, 1.165) is 24.2 Å². The molecule has 1 aromatic carbocycles. The predicted octanol–water partition coefficient (Wildman–Crippen LogP) is 2.08. The molecule has 0 bridgehead atoms. The first-order valence-corrected chi connectivity index (χ1v) is 6.24. The first-order valence-electron chi connectivity index (χ1n) is 6.24. The first kappa shape index (κ1) is 12.8. The van der Waals surface area contributed by atoms with Crippen molar-refractivity contribution < 1.29 is 4.92 Å². The summed E-state index contributed by atoms with van der Waals surface area (Å²) in [5.74, 6) is 0.486. The van der Waals surface area contributed by atoms with Crippen LogP contribution in [0, 0.1) is 23.0 Å². The van der Waals surface area contributed by atoms with Gasteiger partial charge in [-0.2, -0.15) is 0 Å². The lowest BCUT2D eigenvalue weighted by Crippen LogP contribution is -2.27. The maximum absolute atomic E-state index is 10.9. The first-order chi connectivity index (χ1) is 8.51. The van der Waals surface area contributed by atoms with Gasteiger partial charge in [-0.25, -0.2) is 0 Å². The number of nitro benzene ring substituents is 1. The summed E-state index contributed by atoms with van der Waals surface area (Å²) in [5, 5.41) is 10.9. The number of benzene rings is 1. The van der Waals surface area contributed by atoms with E-state index in [4.69, 9.17) is 5.73 Å². The molecule has 2 rings (SSSR count). The summed E-state index contributed by atoms with van der Waals surface area (Å²) in [5.41, 5.74) is 7.72. The Balaban J connectivity index is 2.30. The van der Waals surface area contributed by atoms with Gasteiger partial charge in [0.2, 0.25) is 0 Å². The van der Waals surface area contributed by atoms with Gasteiger partial charge in [0.1, 0.15) is 0 Å². The van der Waals surface area contributed by atoms with Gasteiger partial charge < -0.3 is 10.6 Å². The Hall–Kier alpha value is -1.62. The van der Waals surface area contributed by atoms with E-state index in [0.29, 0.717) is 18.5 Å². The minimum atomic E-state index is -0.336. The second kappa shape index (κ2) is 4.94. The van der Waals surface area contributed by atoms with Crippen LogP contribution in [-0.2, 0) is 0 Å². The van der Waals surface area contributed by atoms with Crippen molar-refractivity contribution in [2.75, 3.05) is 18.0 Å². The highest BCUT2D eigenvalue weighted by Gasteiger charge is 2.29. The van der Waals surface area contributed by atoms with Gasteiger partial charge in [0.05, 0.1) is 4.92 Å². The molecule has 0 amide bonds. The monoisotopic (exact) mass is 249 g/mol. The minimum absolute atomic E-state index is 0.161. The van der Waals surface area contributed by atoms with Crippen molar-refractivity contribution in [2.24, 2.45) is 11.7 Å². The lowest BCUT2D eigenvalue weighted by molar-refractivity contribution is -0.384. The molecular formula is C13H19N3O2. The van der Waals surface area contributed by atoms with Crippen LogP contribution in [0.25, 0.3) is 0 Å². The molecule has 1 aliphatic heterocycles. The maximum Gasteiger partial charge on any atom is 0.271 e. The number of rotatable bonds is 3. The Morgan fingerprint density at radius 2 is 2.22 bits per heavy atom. The molecule has 1 aliphatic rings. The van der Waals surface area contributed by atoms with Gasteiger partial charge in [0, 0.05) is 30.4 Å². The number of aryl methyl sites for hydroxylation is 1. The van der Waals surface area contributed by atoms with Crippen LogP contribution in [0.3, 0.4) is 0 Å². The van der Waals surface area contributed by atoms with Crippen LogP contribution >= 0.6 is 0 Å². The predicted molar refractivity (Wildman–Crippen MR) is 71.8 cm³/mol. The van der Waals surface area contributed by atoms with Crippen LogP contribution in [-0.4, -0.2) is 24.1 Å². The second-order valence-electron chi connectivity index (χ2n) is 5.12. The number of anilines is 1. The molecule has 1 heterocycles. The fourth-order valence-corrected chi connectivity index (χ4v) is 2.69. The van der Waals surface area contributed by atoms with Gasteiger partial charge >= 0.3 is 0 Å². The average molecular weight is 249 g/mol. The quantitative estimate of drug-likeness (QED) is 0.657. The highest BCUT2D eigenvalue weighted by Crippen LogP contribution is 2.31. The average Bonchev–Trinajstić information content (AvgIpc) is 2.69. The normalized spacial score (nSPS) is 23.4. The van der Waals surface area contributed by atoms with E-state index in [-0.39, 0.29) is 10.6 Å². The summed E-state index contributed by atoms with van der Waals surface area (Å²) < 4.78 is 0. The van der Waals surface area contributed by atoms with Crippen molar-refractivity contribution in [1.82, 2.24) is 0 Å². The number of hydrogen-bond acceptors (Lipinski definition) is 4. The van der Waals surface area contributed by atoms with Crippen molar-refractivity contribution in [3.63, 3.8) is 0 Å². The van der Waals surface area contributed by atoms with Crippen LogP contribution in [0.4, 0.5) is 11.4 Å². The Bertz CT molecular complexity index is 462. The van der Waals surface area contributed by atoms with Crippen LogP contribution < -0.4 is 10.6 Å². The summed E-state index contributed by atoms with van der Waals surface area (Å²) in [6.45, 7) is 5.59. The van der Waals surface area contributed by atoms with Crippen LogP contribution in [0.5, 0.6) is 0 Å². The van der Waals surface area contributed by atoms with Gasteiger partial charge in [-0.05, 0) is 44.4 Å². The number of nitro groups is 1. The van der Waals surface area contributed by atoms with Crippen LogP contribution in [0.2, 0.25) is 0 Å². The van der Waals surface area contributed by atoms with Crippen molar-refractivity contribution in [3.8, 4) is 0 Å². The molecule has 5 heteroatoms. The Labute approximate surface area is 107 Å². The molecular weight excluding hydrogens is 230 g/mol. The second-order valence-corrected chi connectivity index (χ2v) is 5.12. The van der Waals surface area contributed by atoms with E-state index in [2.05, 4.69) is 11.8 Å². The maximum atomic E-state index is 10.9. The van der Waals surface area contributed by atoms with Crippen LogP contribution in [0.1, 0.15) is 18.9 Å². The molecule has 1 fully saturated rings. The molecule has 0 saturated carbocycles. The Morgan fingerprint density at radius 3 is 2.78 bits per heavy atom. The zero-order valence-corrected chi connectivity index (χ0v) is 10.8. The third kappa shape index (κ3) is 2.46. The van der Waals surface area contributed by atoms with Crippen molar-refractivity contribution in [1.29, 1.82) is 0 Å². The summed E-state index contributed by atoms with van der Waals surface area (Å²) >= 11 is 0. The number of non-ortho nitro benzene ring substituents is 1. The zero-order valence-electron chi connectivity index (χ0n) is 10.8. The van der Waals surface area contributed by atoms with Crippen molar-refractivity contribution in [3.05, 3.63) is 33.9 Å². The molecule has 1 aromatic rings. The van der Waals surface area contributed by atoms with E-state index in [9.17, 15) is 10.1 Å². The van der Waals surface area contributed by atoms with Crippen LogP contribution in [0.15, 0.2) is 18.2 Å². The van der Waals surface area contributed by atoms with E-state index in [1.165, 1.54) is 0 Å². The smallest absolute Gasteiger partial charge is 0.271 e. The molecule has 0 radical (unpaired) electrons. The Kier molecular flexibility index (Phi) is 3.52. The van der Waals surface area contributed by atoms with Crippen molar-refractivity contribution in [2.45, 2.75) is 26.3 Å². The van der Waals surface area contributed by atoms with Gasteiger partial charge in [0.15, 0.2) is 0 Å². The zero-order chi connectivity index (χ0) is 13.3. The molecule has 18 heavy (non-hydrogen) atoms. The summed E-state index contributed by atoms with van der Waals surface area (Å²) in [7, 11) is 0. The molecule has 5 nitrogen and oxygen atoms in total. The minimum Gasteiger partial charge on any atom is -0.368 e. The highest BCUT2D eigenvalue weighted by atomic mass is 16.6. The van der Waals surface area contributed by atoms with E-state index in [1.807, 2.05) is 13.0 Å². The third-order valence-electron chi connectivity index (χ3n) is 3.58. The SMILES string of the molecule is Cc1cc(N2CC(CN)CC2C)cc([N+](=O)[O-])c1. The summed E-state index contributed by atoms with van der Waals surface area (Å²) in [6, 6.07) is 5.65.